The first kappa shape index (κ1) is 21.3. The Hall–Kier alpha value is -2.00. The van der Waals surface area contributed by atoms with Gasteiger partial charge in [-0.2, -0.15) is 0 Å². The van der Waals surface area contributed by atoms with Crippen molar-refractivity contribution in [1.82, 2.24) is 0 Å². The lowest BCUT2D eigenvalue weighted by atomic mass is 10.1. The van der Waals surface area contributed by atoms with Crippen LogP contribution < -0.4 is 9.47 Å². The molecule has 0 N–H and O–H groups in total. The van der Waals surface area contributed by atoms with E-state index in [-0.39, 0.29) is 11.2 Å². The largest absolute Gasteiger partial charge is 0.488 e. The maximum atomic E-state index is 6.05. The molecule has 3 heteroatoms. The lowest BCUT2D eigenvalue weighted by Gasteiger charge is -2.23. The van der Waals surface area contributed by atoms with Gasteiger partial charge in [-0.3, -0.25) is 0 Å². The predicted octanol–water partition coefficient (Wildman–Crippen LogP) is 5.84. The van der Waals surface area contributed by atoms with Crippen LogP contribution in [0, 0.1) is 0 Å². The van der Waals surface area contributed by atoms with Gasteiger partial charge in [-0.15, -0.1) is 0 Å². The molecule has 0 spiro atoms. The molecule has 0 saturated heterocycles. The third kappa shape index (κ3) is 8.04. The summed E-state index contributed by atoms with van der Waals surface area (Å²) in [6, 6.07) is 16.4. The Morgan fingerprint density at radius 2 is 0.963 bits per heavy atom. The third-order valence-corrected chi connectivity index (χ3v) is 3.81. The van der Waals surface area contributed by atoms with E-state index in [2.05, 4.69) is 53.7 Å². The summed E-state index contributed by atoms with van der Waals surface area (Å²) >= 11 is 0. The highest BCUT2D eigenvalue weighted by Gasteiger charge is 2.15. The van der Waals surface area contributed by atoms with Crippen LogP contribution in [0.3, 0.4) is 0 Å². The average molecular weight is 371 g/mol. The van der Waals surface area contributed by atoms with Gasteiger partial charge in [-0.05, 0) is 77.6 Å². The summed E-state index contributed by atoms with van der Waals surface area (Å²) < 4.78 is 18.0. The van der Waals surface area contributed by atoms with Crippen molar-refractivity contribution < 1.29 is 14.2 Å². The summed E-state index contributed by atoms with van der Waals surface area (Å²) in [5.74, 6) is 1.88. The van der Waals surface area contributed by atoms with E-state index in [1.165, 1.54) is 11.1 Å². The van der Waals surface area contributed by atoms with Gasteiger partial charge in [-0.25, -0.2) is 0 Å². The molecule has 0 aliphatic rings. The van der Waals surface area contributed by atoms with E-state index in [1.807, 2.05) is 36.4 Å². The second-order valence-corrected chi connectivity index (χ2v) is 8.76. The van der Waals surface area contributed by atoms with Crippen molar-refractivity contribution in [3.63, 3.8) is 0 Å². The maximum absolute atomic E-state index is 6.05. The van der Waals surface area contributed by atoms with Gasteiger partial charge in [0.05, 0.1) is 13.2 Å². The normalized spacial score (nSPS) is 12.1. The smallest absolute Gasteiger partial charge is 0.123 e. The fourth-order valence-electron chi connectivity index (χ4n) is 2.75. The Labute approximate surface area is 164 Å². The van der Waals surface area contributed by atoms with Crippen molar-refractivity contribution in [3.8, 4) is 11.5 Å². The van der Waals surface area contributed by atoms with Gasteiger partial charge < -0.3 is 14.2 Å². The summed E-state index contributed by atoms with van der Waals surface area (Å²) in [5.41, 5.74) is 1.97. The van der Waals surface area contributed by atoms with Crippen molar-refractivity contribution in [3.05, 3.63) is 59.7 Å². The van der Waals surface area contributed by atoms with Crippen LogP contribution in [-0.2, 0) is 17.6 Å². The Morgan fingerprint density at radius 1 is 0.593 bits per heavy atom. The first-order valence-corrected chi connectivity index (χ1v) is 9.76. The molecular weight excluding hydrogens is 336 g/mol. The molecule has 0 heterocycles. The highest BCUT2D eigenvalue weighted by atomic mass is 16.5. The molecule has 0 aromatic heterocycles. The topological polar surface area (TPSA) is 27.7 Å². The molecular formula is C24H34O3. The van der Waals surface area contributed by atoms with Gasteiger partial charge >= 0.3 is 0 Å². The van der Waals surface area contributed by atoms with Crippen molar-refractivity contribution in [2.24, 2.45) is 0 Å². The monoisotopic (exact) mass is 370 g/mol. The fraction of sp³-hybridized carbons (Fsp3) is 0.500. The number of benzene rings is 2. The van der Waals surface area contributed by atoms with Gasteiger partial charge in [0.25, 0.3) is 0 Å². The van der Waals surface area contributed by atoms with Crippen LogP contribution in [0.15, 0.2) is 48.5 Å². The second kappa shape index (κ2) is 9.27. The molecule has 0 amide bonds. The minimum absolute atomic E-state index is 0.201. The summed E-state index contributed by atoms with van der Waals surface area (Å²) in [7, 11) is 0. The van der Waals surface area contributed by atoms with Crippen LogP contribution in [0.5, 0.6) is 11.5 Å². The van der Waals surface area contributed by atoms with Crippen molar-refractivity contribution in [2.75, 3.05) is 13.2 Å². The maximum Gasteiger partial charge on any atom is 0.123 e. The Morgan fingerprint density at radius 3 is 1.33 bits per heavy atom. The van der Waals surface area contributed by atoms with E-state index in [0.29, 0.717) is 13.2 Å². The molecule has 0 fully saturated rings. The van der Waals surface area contributed by atoms with Crippen molar-refractivity contribution >= 4 is 0 Å². The van der Waals surface area contributed by atoms with Gasteiger partial charge in [0.1, 0.15) is 22.7 Å². The van der Waals surface area contributed by atoms with Gasteiger partial charge in [0.15, 0.2) is 0 Å². The lowest BCUT2D eigenvalue weighted by molar-refractivity contribution is 0.119. The van der Waals surface area contributed by atoms with E-state index in [4.69, 9.17) is 14.2 Å². The number of para-hydroxylation sites is 2. The van der Waals surface area contributed by atoms with Gasteiger partial charge in [-0.1, -0.05) is 36.4 Å². The number of hydrogen-bond donors (Lipinski definition) is 0. The third-order valence-electron chi connectivity index (χ3n) is 3.81. The van der Waals surface area contributed by atoms with Crippen LogP contribution in [0.4, 0.5) is 0 Å². The first-order chi connectivity index (χ1) is 12.6. The predicted molar refractivity (Wildman–Crippen MR) is 112 cm³/mol. The van der Waals surface area contributed by atoms with Crippen molar-refractivity contribution in [1.29, 1.82) is 0 Å². The number of ether oxygens (including phenoxy) is 3. The summed E-state index contributed by atoms with van der Waals surface area (Å²) in [6.07, 6.45) is 1.68. The minimum Gasteiger partial charge on any atom is -0.488 e. The summed E-state index contributed by atoms with van der Waals surface area (Å²) in [5, 5.41) is 0. The molecule has 2 rings (SSSR count). The van der Waals surface area contributed by atoms with E-state index in [9.17, 15) is 0 Å². The summed E-state index contributed by atoms with van der Waals surface area (Å²) in [6.45, 7) is 13.7. The minimum atomic E-state index is -0.201. The van der Waals surface area contributed by atoms with E-state index in [0.717, 1.165) is 24.3 Å². The Balaban J connectivity index is 1.84. The number of hydrogen-bond acceptors (Lipinski definition) is 3. The Bertz CT molecular complexity index is 647. The van der Waals surface area contributed by atoms with E-state index in [1.54, 1.807) is 0 Å². The molecule has 3 nitrogen and oxygen atoms in total. The molecule has 0 radical (unpaired) electrons. The van der Waals surface area contributed by atoms with Crippen LogP contribution >= 0.6 is 0 Å². The van der Waals surface area contributed by atoms with Crippen LogP contribution in [0.2, 0.25) is 0 Å². The standard InChI is InChI=1S/C24H34O3/c1-23(2,3)26-21-13-9-7-11-19(21)15-17-25-18-16-20-12-8-10-14-22(20)27-24(4,5)6/h7-14H,15-18H2,1-6H3. The fourth-order valence-corrected chi connectivity index (χ4v) is 2.75. The van der Waals surface area contributed by atoms with Gasteiger partial charge in [0, 0.05) is 0 Å². The molecule has 0 atom stereocenters. The lowest BCUT2D eigenvalue weighted by Crippen LogP contribution is -2.24. The molecule has 0 unspecified atom stereocenters. The molecule has 27 heavy (non-hydrogen) atoms. The van der Waals surface area contributed by atoms with Crippen LogP contribution in [-0.4, -0.2) is 24.4 Å². The highest BCUT2D eigenvalue weighted by molar-refractivity contribution is 5.34. The SMILES string of the molecule is CC(C)(C)Oc1ccccc1CCOCCc1ccccc1OC(C)(C)C. The summed E-state index contributed by atoms with van der Waals surface area (Å²) in [4.78, 5) is 0. The average Bonchev–Trinajstić information content (AvgIpc) is 2.55. The zero-order chi connectivity index (χ0) is 19.9. The molecule has 0 bridgehead atoms. The Kier molecular flexibility index (Phi) is 7.32. The van der Waals surface area contributed by atoms with Gasteiger partial charge in [0.2, 0.25) is 0 Å². The zero-order valence-corrected chi connectivity index (χ0v) is 17.7. The van der Waals surface area contributed by atoms with E-state index >= 15 is 0 Å². The molecule has 2 aromatic rings. The molecule has 0 aliphatic carbocycles. The van der Waals surface area contributed by atoms with E-state index < -0.39 is 0 Å². The molecule has 148 valence electrons. The molecule has 0 saturated carbocycles. The molecule has 0 aliphatic heterocycles. The van der Waals surface area contributed by atoms with Crippen LogP contribution in [0.1, 0.15) is 52.7 Å². The molecule has 2 aromatic carbocycles. The van der Waals surface area contributed by atoms with Crippen LogP contribution in [0.25, 0.3) is 0 Å². The second-order valence-electron chi connectivity index (χ2n) is 8.76. The van der Waals surface area contributed by atoms with Crippen molar-refractivity contribution in [2.45, 2.75) is 65.6 Å². The first-order valence-electron chi connectivity index (χ1n) is 9.76. The zero-order valence-electron chi connectivity index (χ0n) is 17.7. The number of rotatable bonds is 8. The quantitative estimate of drug-likeness (QED) is 0.546. The highest BCUT2D eigenvalue weighted by Crippen LogP contribution is 2.25.